The molecule has 4 heteroatoms. The third kappa shape index (κ3) is 4.14. The Bertz CT molecular complexity index is 1250. The monoisotopic (exact) mass is 422 g/mol. The number of carbonyl (C=O) groups excluding carboxylic acids is 1. The van der Waals surface area contributed by atoms with Gasteiger partial charge in [-0.25, -0.2) is 0 Å². The Balaban J connectivity index is 1.35. The molecule has 0 saturated heterocycles. The van der Waals surface area contributed by atoms with Gasteiger partial charge in [-0.3, -0.25) is 9.78 Å². The molecule has 4 nitrogen and oxygen atoms in total. The lowest BCUT2D eigenvalue weighted by Gasteiger charge is -2.13. The van der Waals surface area contributed by atoms with E-state index in [1.54, 1.807) is 7.11 Å². The maximum atomic E-state index is 12.7. The summed E-state index contributed by atoms with van der Waals surface area (Å²) in [4.78, 5) is 17.1. The first-order valence-electron chi connectivity index (χ1n) is 11.0. The molecular weight excluding hydrogens is 396 g/mol. The van der Waals surface area contributed by atoms with Crippen molar-refractivity contribution < 1.29 is 9.53 Å². The number of carbonyl (C=O) groups is 1. The van der Waals surface area contributed by atoms with Gasteiger partial charge in [-0.05, 0) is 57.7 Å². The lowest BCUT2D eigenvalue weighted by molar-refractivity contribution is -0.122. The highest BCUT2D eigenvalue weighted by Gasteiger charge is 2.43. The number of pyridine rings is 1. The average molecular weight is 423 g/mol. The van der Waals surface area contributed by atoms with E-state index in [9.17, 15) is 4.79 Å². The second-order valence-corrected chi connectivity index (χ2v) is 8.40. The number of benzene rings is 3. The zero-order chi connectivity index (χ0) is 21.9. The van der Waals surface area contributed by atoms with Crippen molar-refractivity contribution in [2.45, 2.75) is 25.5 Å². The molecule has 0 aliphatic heterocycles. The number of hydrogen-bond donors (Lipinski definition) is 1. The van der Waals surface area contributed by atoms with Crippen LogP contribution in [0.5, 0.6) is 0 Å². The van der Waals surface area contributed by atoms with Crippen molar-refractivity contribution in [1.29, 1.82) is 0 Å². The van der Waals surface area contributed by atoms with E-state index in [1.165, 1.54) is 5.56 Å². The molecular formula is C28H26N2O2. The third-order valence-electron chi connectivity index (χ3n) is 6.27. The second kappa shape index (κ2) is 8.93. The fourth-order valence-electron chi connectivity index (χ4n) is 4.52. The summed E-state index contributed by atoms with van der Waals surface area (Å²) in [5.41, 5.74) is 5.77. The number of hydrogen-bond acceptors (Lipinski definition) is 3. The van der Waals surface area contributed by atoms with Crippen LogP contribution in [0.2, 0.25) is 0 Å². The SMILES string of the molecule is COCc1cccc(-c2ccc(CNC(=O)C3CC3c3ccccc3)c3cnccc23)c1. The molecule has 1 fully saturated rings. The number of rotatable bonds is 7. The number of ether oxygens (including phenoxy) is 1. The minimum Gasteiger partial charge on any atom is -0.380 e. The van der Waals surface area contributed by atoms with E-state index >= 15 is 0 Å². The van der Waals surface area contributed by atoms with E-state index in [4.69, 9.17) is 4.74 Å². The third-order valence-corrected chi connectivity index (χ3v) is 6.27. The van der Waals surface area contributed by atoms with Crippen molar-refractivity contribution >= 4 is 16.7 Å². The van der Waals surface area contributed by atoms with Gasteiger partial charge in [0.05, 0.1) is 6.61 Å². The second-order valence-electron chi connectivity index (χ2n) is 8.40. The predicted octanol–water partition coefficient (Wildman–Crippen LogP) is 5.47. The summed E-state index contributed by atoms with van der Waals surface area (Å²) >= 11 is 0. The van der Waals surface area contributed by atoms with E-state index < -0.39 is 0 Å². The minimum absolute atomic E-state index is 0.0737. The van der Waals surface area contributed by atoms with Crippen LogP contribution in [0.4, 0.5) is 0 Å². The molecule has 1 amide bonds. The molecule has 1 saturated carbocycles. The van der Waals surface area contributed by atoms with Gasteiger partial charge in [0.1, 0.15) is 0 Å². The van der Waals surface area contributed by atoms with E-state index in [0.29, 0.717) is 19.1 Å². The Hall–Kier alpha value is -3.50. The van der Waals surface area contributed by atoms with Crippen LogP contribution in [0.15, 0.2) is 85.2 Å². The number of nitrogens with one attached hydrogen (secondary N) is 1. The van der Waals surface area contributed by atoms with Gasteiger partial charge in [0, 0.05) is 37.4 Å². The Morgan fingerprint density at radius 3 is 2.75 bits per heavy atom. The predicted molar refractivity (Wildman–Crippen MR) is 127 cm³/mol. The molecule has 2 unspecified atom stereocenters. The molecule has 160 valence electrons. The molecule has 1 aliphatic rings. The first kappa shape index (κ1) is 20.4. The van der Waals surface area contributed by atoms with Crippen molar-refractivity contribution in [2.24, 2.45) is 5.92 Å². The van der Waals surface area contributed by atoms with Crippen LogP contribution in [-0.4, -0.2) is 18.0 Å². The van der Waals surface area contributed by atoms with Gasteiger partial charge in [0.15, 0.2) is 0 Å². The largest absolute Gasteiger partial charge is 0.380 e. The summed E-state index contributed by atoms with van der Waals surface area (Å²) in [6.07, 6.45) is 4.64. The zero-order valence-corrected chi connectivity index (χ0v) is 18.1. The molecule has 1 aliphatic carbocycles. The van der Waals surface area contributed by atoms with E-state index in [2.05, 4.69) is 58.8 Å². The van der Waals surface area contributed by atoms with Crippen LogP contribution in [0, 0.1) is 5.92 Å². The minimum atomic E-state index is 0.0737. The Labute approximate surface area is 188 Å². The molecule has 0 bridgehead atoms. The summed E-state index contributed by atoms with van der Waals surface area (Å²) in [5, 5.41) is 5.36. The van der Waals surface area contributed by atoms with Gasteiger partial charge in [-0.1, -0.05) is 60.7 Å². The van der Waals surface area contributed by atoms with Crippen LogP contribution in [0.25, 0.3) is 21.9 Å². The van der Waals surface area contributed by atoms with Gasteiger partial charge < -0.3 is 10.1 Å². The summed E-state index contributed by atoms with van der Waals surface area (Å²) in [5.74, 6) is 0.549. The number of aromatic nitrogens is 1. The standard InChI is InChI=1S/C28H26N2O2/c1-32-18-19-6-5-9-21(14-19)23-11-10-22(27-17-29-13-12-24(23)27)16-30-28(31)26-15-25(26)20-7-3-2-4-8-20/h2-14,17,25-26H,15-16,18H2,1H3,(H,30,31). The quantitative estimate of drug-likeness (QED) is 0.430. The highest BCUT2D eigenvalue weighted by molar-refractivity contribution is 5.98. The Kier molecular flexibility index (Phi) is 5.70. The van der Waals surface area contributed by atoms with Crippen LogP contribution in [0.1, 0.15) is 29.0 Å². The van der Waals surface area contributed by atoms with Crippen LogP contribution >= 0.6 is 0 Å². The van der Waals surface area contributed by atoms with Crippen molar-refractivity contribution in [3.8, 4) is 11.1 Å². The van der Waals surface area contributed by atoms with E-state index in [-0.39, 0.29) is 11.8 Å². The van der Waals surface area contributed by atoms with Crippen molar-refractivity contribution in [2.75, 3.05) is 7.11 Å². The van der Waals surface area contributed by atoms with Crippen LogP contribution in [-0.2, 0) is 22.7 Å². The van der Waals surface area contributed by atoms with Crippen molar-refractivity contribution in [3.63, 3.8) is 0 Å². The van der Waals surface area contributed by atoms with Gasteiger partial charge in [-0.2, -0.15) is 0 Å². The number of fused-ring (bicyclic) bond motifs is 1. The molecule has 3 aromatic carbocycles. The van der Waals surface area contributed by atoms with Crippen molar-refractivity contribution in [3.05, 3.63) is 102 Å². The average Bonchev–Trinajstić information content (AvgIpc) is 3.64. The number of amides is 1. The molecule has 32 heavy (non-hydrogen) atoms. The molecule has 1 N–H and O–H groups in total. The maximum Gasteiger partial charge on any atom is 0.224 e. The molecule has 0 radical (unpaired) electrons. The highest BCUT2D eigenvalue weighted by Crippen LogP contribution is 2.47. The molecule has 5 rings (SSSR count). The highest BCUT2D eigenvalue weighted by atomic mass is 16.5. The molecule has 4 aromatic rings. The Morgan fingerprint density at radius 2 is 1.91 bits per heavy atom. The van der Waals surface area contributed by atoms with Gasteiger partial charge in [0.25, 0.3) is 0 Å². The molecule has 1 aromatic heterocycles. The zero-order valence-electron chi connectivity index (χ0n) is 18.1. The number of methoxy groups -OCH3 is 1. The lowest BCUT2D eigenvalue weighted by Crippen LogP contribution is -2.25. The lowest BCUT2D eigenvalue weighted by atomic mass is 9.95. The normalized spacial score (nSPS) is 17.3. The fraction of sp³-hybridized carbons (Fsp3) is 0.214. The van der Waals surface area contributed by atoms with Gasteiger partial charge in [0.2, 0.25) is 5.91 Å². The summed E-state index contributed by atoms with van der Waals surface area (Å²) < 4.78 is 5.29. The summed E-state index contributed by atoms with van der Waals surface area (Å²) in [7, 11) is 1.71. The van der Waals surface area contributed by atoms with E-state index in [0.717, 1.165) is 39.4 Å². The van der Waals surface area contributed by atoms with Gasteiger partial charge >= 0.3 is 0 Å². The molecule has 0 spiro atoms. The summed E-state index contributed by atoms with van der Waals surface area (Å²) in [6, 6.07) is 25.0. The molecule has 1 heterocycles. The maximum absolute atomic E-state index is 12.7. The topological polar surface area (TPSA) is 51.2 Å². The summed E-state index contributed by atoms with van der Waals surface area (Å²) in [6.45, 7) is 1.09. The first-order chi connectivity index (χ1) is 15.7. The smallest absolute Gasteiger partial charge is 0.224 e. The number of nitrogens with zero attached hydrogens (tertiary/aromatic N) is 1. The van der Waals surface area contributed by atoms with E-state index in [1.807, 2.05) is 36.7 Å². The Morgan fingerprint density at radius 1 is 1.03 bits per heavy atom. The van der Waals surface area contributed by atoms with Crippen LogP contribution in [0.3, 0.4) is 0 Å². The van der Waals surface area contributed by atoms with Gasteiger partial charge in [-0.15, -0.1) is 0 Å². The first-order valence-corrected chi connectivity index (χ1v) is 11.0. The molecule has 2 atom stereocenters. The fourth-order valence-corrected chi connectivity index (χ4v) is 4.52. The van der Waals surface area contributed by atoms with Crippen LogP contribution < -0.4 is 5.32 Å². The van der Waals surface area contributed by atoms with Crippen molar-refractivity contribution in [1.82, 2.24) is 10.3 Å².